The normalized spacial score (nSPS) is 21.8. The van der Waals surface area contributed by atoms with Gasteiger partial charge in [0.05, 0.1) is 22.2 Å². The second kappa shape index (κ2) is 26.7. The number of carbonyl (C=O) groups excluding carboxylic acids is 3. The van der Waals surface area contributed by atoms with Crippen molar-refractivity contribution in [2.45, 2.75) is 192 Å². The summed E-state index contributed by atoms with van der Waals surface area (Å²) in [5.41, 5.74) is 18.7. The monoisotopic (exact) mass is 1310 g/mol. The van der Waals surface area contributed by atoms with Crippen molar-refractivity contribution in [2.75, 3.05) is 39.3 Å². The van der Waals surface area contributed by atoms with Gasteiger partial charge in [-0.25, -0.2) is 4.79 Å². The summed E-state index contributed by atoms with van der Waals surface area (Å²) < 4.78 is 0. The van der Waals surface area contributed by atoms with Gasteiger partial charge in [-0.15, -0.1) is 22.7 Å². The SMILES string of the molecule is Cc1cc(C)cc(-c2[nH]c3sc(C(C)(C)C(=O)N4C5CCC4CC5)cc3c2[C@H](C)CN=C(NC#N)N2CCC(c3ccncc3)C2)c1.Cc1cc(C)cc(-c2[nH]c3sc(C(C)(C)C(=O)N4C5CCC4CC5)cc3c2[C@H](C)CN=C(NC(N)=O)N2CCC(c3ccncc3)C2)c1. The molecule has 19 heteroatoms. The molecule has 6 N–H and O–H groups in total. The molecular weight excluding hydrogens is 1220 g/mol. The number of nitrogens with two attached hydrogens (primary N) is 1. The van der Waals surface area contributed by atoms with Crippen LogP contribution in [0.5, 0.6) is 0 Å². The smallest absolute Gasteiger partial charge is 0.318 e. The van der Waals surface area contributed by atoms with E-state index in [-0.39, 0.29) is 23.7 Å². The highest BCUT2D eigenvalue weighted by molar-refractivity contribution is 7.19. The van der Waals surface area contributed by atoms with Gasteiger partial charge in [0.1, 0.15) is 9.66 Å². The fourth-order valence-electron chi connectivity index (χ4n) is 16.6. The van der Waals surface area contributed by atoms with Crippen molar-refractivity contribution in [3.63, 3.8) is 0 Å². The van der Waals surface area contributed by atoms with Gasteiger partial charge in [0.15, 0.2) is 6.19 Å². The quantitative estimate of drug-likeness (QED) is 0.0302. The molecule has 4 atom stereocenters. The molecule has 0 saturated carbocycles. The van der Waals surface area contributed by atoms with E-state index in [9.17, 15) is 19.6 Å². The minimum Gasteiger partial charge on any atom is -0.351 e. The van der Waals surface area contributed by atoms with Gasteiger partial charge in [0.2, 0.25) is 23.7 Å². The number of thiophene rings is 2. The molecule has 2 aromatic carbocycles. The van der Waals surface area contributed by atoms with E-state index in [1.807, 2.05) is 24.8 Å². The molecule has 12 heterocycles. The average Bonchev–Trinajstić information content (AvgIpc) is 1.60. The Bertz CT molecular complexity index is 4200. The lowest BCUT2D eigenvalue weighted by Crippen LogP contribution is -2.45. The number of carbonyl (C=O) groups is 3. The third kappa shape index (κ3) is 13.0. The first-order chi connectivity index (χ1) is 45.6. The van der Waals surface area contributed by atoms with Crippen molar-refractivity contribution in [1.82, 2.24) is 50.2 Å². The summed E-state index contributed by atoms with van der Waals surface area (Å²) in [6.45, 7) is 25.5. The van der Waals surface area contributed by atoms with E-state index in [0.717, 1.165) is 138 Å². The highest BCUT2D eigenvalue weighted by atomic mass is 32.1. The van der Waals surface area contributed by atoms with Crippen LogP contribution in [0.1, 0.15) is 184 Å². The largest absolute Gasteiger partial charge is 0.351 e. The number of urea groups is 1. The first-order valence-corrected chi connectivity index (χ1v) is 36.0. The maximum absolute atomic E-state index is 14.1. The summed E-state index contributed by atoms with van der Waals surface area (Å²) in [7, 11) is 0. The van der Waals surface area contributed by atoms with E-state index in [0.29, 0.717) is 61.0 Å². The number of fused-ring (bicyclic) bond motifs is 6. The first kappa shape index (κ1) is 65.3. The number of nitrogens with one attached hydrogen (secondary N) is 4. The number of pyridine rings is 2. The third-order valence-electron chi connectivity index (χ3n) is 21.5. The van der Waals surface area contributed by atoms with E-state index in [2.05, 4.69) is 198 Å². The molecule has 4 amide bonds. The molecule has 0 radical (unpaired) electrons. The van der Waals surface area contributed by atoms with Crippen LogP contribution in [0.15, 0.2) is 108 Å². The number of aliphatic imine (C=N–C) groups is 2. The van der Waals surface area contributed by atoms with E-state index in [1.165, 1.54) is 49.9 Å². The Balaban J connectivity index is 0.000000172. The molecule has 8 aromatic rings. The number of rotatable bonds is 14. The number of hydrogen-bond acceptors (Lipinski definition) is 10. The predicted octanol–water partition coefficient (Wildman–Crippen LogP) is 14.3. The van der Waals surface area contributed by atoms with Gasteiger partial charge in [-0.2, -0.15) is 5.26 Å². The van der Waals surface area contributed by atoms with Gasteiger partial charge < -0.3 is 35.3 Å². The topological polar surface area (TPSA) is 220 Å². The van der Waals surface area contributed by atoms with Gasteiger partial charge in [-0.05, 0) is 214 Å². The molecule has 4 bridgehead atoms. The fourth-order valence-corrected chi connectivity index (χ4v) is 19.0. The first-order valence-electron chi connectivity index (χ1n) is 34.4. The molecule has 0 spiro atoms. The Morgan fingerprint density at radius 2 is 0.958 bits per heavy atom. The van der Waals surface area contributed by atoms with Crippen molar-refractivity contribution in [1.29, 1.82) is 5.26 Å². The van der Waals surface area contributed by atoms with Gasteiger partial charge >= 0.3 is 6.03 Å². The van der Waals surface area contributed by atoms with Crippen LogP contribution in [0.3, 0.4) is 0 Å². The Morgan fingerprint density at radius 3 is 1.33 bits per heavy atom. The number of nitriles is 1. The molecule has 6 aliphatic rings. The number of benzene rings is 2. The molecule has 6 saturated heterocycles. The molecule has 0 aliphatic carbocycles. The summed E-state index contributed by atoms with van der Waals surface area (Å²) in [5, 5.41) is 17.7. The second-order valence-corrected chi connectivity index (χ2v) is 31.3. The minimum atomic E-state index is -0.617. The second-order valence-electron chi connectivity index (χ2n) is 29.2. The van der Waals surface area contributed by atoms with Gasteiger partial charge in [-0.1, -0.05) is 48.2 Å². The molecule has 6 fully saturated rings. The number of amides is 4. The Labute approximate surface area is 567 Å². The molecule has 6 aromatic heterocycles. The average molecular weight is 1310 g/mol. The summed E-state index contributed by atoms with van der Waals surface area (Å²) >= 11 is 3.41. The van der Waals surface area contributed by atoms with Crippen LogP contribution in [-0.2, 0) is 20.4 Å². The van der Waals surface area contributed by atoms with Crippen LogP contribution in [0.4, 0.5) is 4.79 Å². The van der Waals surface area contributed by atoms with E-state index in [1.54, 1.807) is 22.7 Å². The number of aromatic nitrogens is 4. The Kier molecular flexibility index (Phi) is 18.4. The zero-order valence-corrected chi connectivity index (χ0v) is 58.4. The number of hydrogen-bond donors (Lipinski definition) is 5. The van der Waals surface area contributed by atoms with Crippen LogP contribution in [0.2, 0.25) is 0 Å². The highest BCUT2D eigenvalue weighted by Gasteiger charge is 2.49. The van der Waals surface area contributed by atoms with Crippen LogP contribution in [0, 0.1) is 39.1 Å². The maximum atomic E-state index is 14.1. The van der Waals surface area contributed by atoms with E-state index >= 15 is 0 Å². The molecule has 496 valence electrons. The molecular formula is C76H92N14O3S2. The third-order valence-corrected chi connectivity index (χ3v) is 24.3. The molecule has 95 heavy (non-hydrogen) atoms. The zero-order valence-electron chi connectivity index (χ0n) is 56.8. The number of aryl methyl sites for hydroxylation is 4. The minimum absolute atomic E-state index is 0.00790. The summed E-state index contributed by atoms with van der Waals surface area (Å²) in [6.07, 6.45) is 20.5. The van der Waals surface area contributed by atoms with Crippen LogP contribution in [-0.4, -0.2) is 133 Å². The summed E-state index contributed by atoms with van der Waals surface area (Å²) in [6, 6.07) is 27.1. The Hall–Kier alpha value is -8.34. The Morgan fingerprint density at radius 1 is 0.589 bits per heavy atom. The van der Waals surface area contributed by atoms with Crippen molar-refractivity contribution in [3.8, 4) is 28.7 Å². The van der Waals surface area contributed by atoms with Gasteiger partial charge in [0, 0.05) is 132 Å². The molecule has 6 aliphatic heterocycles. The summed E-state index contributed by atoms with van der Waals surface area (Å²) in [4.78, 5) is 79.3. The number of guanidine groups is 2. The van der Waals surface area contributed by atoms with Crippen molar-refractivity contribution in [3.05, 3.63) is 152 Å². The van der Waals surface area contributed by atoms with Crippen LogP contribution < -0.4 is 16.4 Å². The van der Waals surface area contributed by atoms with Crippen molar-refractivity contribution < 1.29 is 14.4 Å². The van der Waals surface area contributed by atoms with Gasteiger partial charge in [-0.3, -0.25) is 40.2 Å². The highest BCUT2D eigenvalue weighted by Crippen LogP contribution is 2.49. The number of H-pyrrole nitrogens is 2. The lowest BCUT2D eigenvalue weighted by Gasteiger charge is -2.31. The number of nitrogens with zero attached hydrogens (tertiary/aromatic N) is 9. The van der Waals surface area contributed by atoms with Crippen LogP contribution >= 0.6 is 22.7 Å². The molecule has 17 nitrogen and oxygen atoms in total. The van der Waals surface area contributed by atoms with E-state index < -0.39 is 16.9 Å². The lowest BCUT2D eigenvalue weighted by atomic mass is 9.88. The molecule has 2 unspecified atom stereocenters. The lowest BCUT2D eigenvalue weighted by molar-refractivity contribution is -0.138. The maximum Gasteiger partial charge on any atom is 0.318 e. The zero-order chi connectivity index (χ0) is 66.6. The summed E-state index contributed by atoms with van der Waals surface area (Å²) in [5.74, 6) is 2.45. The number of likely N-dealkylation sites (tertiary alicyclic amines) is 2. The predicted molar refractivity (Wildman–Crippen MR) is 383 cm³/mol. The fraction of sp³-hybridized carbons (Fsp3) is 0.474. The van der Waals surface area contributed by atoms with Crippen molar-refractivity contribution in [2.24, 2.45) is 15.7 Å². The van der Waals surface area contributed by atoms with E-state index in [4.69, 9.17) is 15.7 Å². The van der Waals surface area contributed by atoms with Gasteiger partial charge in [0.25, 0.3) is 0 Å². The standard InChI is InChI=1S/C38H47N7O2S.C38H45N7OS/c1-22-16-23(2)18-27(17-22)33-32(24(3)20-41-37(43-36(39)47)44-15-12-26(21-44)25-10-13-40-14-11-25)30-19-31(48-34(30)42-33)38(4,5)35(46)45-28-6-7-29(45)9-8-28;1-23-16-24(2)18-28(17-23)34-33(25(3)20-41-37(42-22-39)44-15-12-27(21-44)26-10-13-40-14-11-26)31-19-32(47-35(31)43-34)38(4,5)36(46)45-29-6-7-30(45)9-8-29/h10-11,13-14,16-19,24,26,28-29,42H,6-9,12,15,20-21H2,1-5H3,(H3,39,41,43,47);10-11,13-14,16-19,25,27,29-30,43H,6-9,12,15,20-21H2,1-5H3,(H,41,42)/t24-,26?,28?,29?;25-,27?,29?,30?/m11/s1. The number of aromatic amines is 2. The van der Waals surface area contributed by atoms with Crippen molar-refractivity contribution >= 4 is 72.9 Å². The molecule has 14 rings (SSSR count). The van der Waals surface area contributed by atoms with Crippen LogP contribution in [0.25, 0.3) is 42.9 Å². The number of primary amides is 1.